The predicted octanol–water partition coefficient (Wildman–Crippen LogP) is 3.28. The number of amides is 2. The maximum Gasteiger partial charge on any atom is 0.315 e. The highest BCUT2D eigenvalue weighted by Crippen LogP contribution is 2.18. The lowest BCUT2D eigenvalue weighted by molar-refractivity contribution is 0.232. The zero-order valence-electron chi connectivity index (χ0n) is 13.1. The van der Waals surface area contributed by atoms with Gasteiger partial charge >= 0.3 is 6.03 Å². The van der Waals surface area contributed by atoms with E-state index >= 15 is 0 Å². The molecule has 1 unspecified atom stereocenters. The highest BCUT2D eigenvalue weighted by atomic mass is 19.1. The summed E-state index contributed by atoms with van der Waals surface area (Å²) in [6.07, 6.45) is 1.11. The number of benzene rings is 2. The van der Waals surface area contributed by atoms with Crippen molar-refractivity contribution < 1.29 is 18.7 Å². The summed E-state index contributed by atoms with van der Waals surface area (Å²) in [4.78, 5) is 12.1. The summed E-state index contributed by atoms with van der Waals surface area (Å²) in [6.45, 7) is -0.0852. The van der Waals surface area contributed by atoms with Crippen molar-refractivity contribution in [3.05, 3.63) is 71.3 Å². The lowest BCUT2D eigenvalue weighted by atomic mass is 10.0. The summed E-state index contributed by atoms with van der Waals surface area (Å²) in [7, 11) is 0. The van der Waals surface area contributed by atoms with E-state index in [2.05, 4.69) is 10.6 Å². The van der Waals surface area contributed by atoms with Gasteiger partial charge in [-0.05, 0) is 36.6 Å². The minimum atomic E-state index is -0.573. The Kier molecular flexibility index (Phi) is 6.69. The van der Waals surface area contributed by atoms with Crippen LogP contribution >= 0.6 is 0 Å². The maximum atomic E-state index is 13.5. The first-order valence-corrected chi connectivity index (χ1v) is 7.74. The molecule has 0 saturated carbocycles. The number of hydrogen-bond acceptors (Lipinski definition) is 2. The van der Waals surface area contributed by atoms with Gasteiger partial charge in [0, 0.05) is 18.7 Å². The van der Waals surface area contributed by atoms with Crippen LogP contribution in [0.2, 0.25) is 0 Å². The smallest absolute Gasteiger partial charge is 0.315 e. The zero-order valence-corrected chi connectivity index (χ0v) is 13.1. The summed E-state index contributed by atoms with van der Waals surface area (Å²) < 4.78 is 26.7. The fraction of sp³-hybridized carbons (Fsp3) is 0.278. The molecular weight excluding hydrogens is 314 g/mol. The minimum absolute atomic E-state index is 0.0289. The van der Waals surface area contributed by atoms with Crippen LogP contribution in [0.25, 0.3) is 0 Å². The van der Waals surface area contributed by atoms with E-state index in [1.807, 2.05) is 30.3 Å². The summed E-state index contributed by atoms with van der Waals surface area (Å²) in [5.41, 5.74) is 0.995. The normalized spacial score (nSPS) is 11.8. The van der Waals surface area contributed by atoms with E-state index in [1.54, 1.807) is 0 Å². The molecule has 0 bridgehead atoms. The van der Waals surface area contributed by atoms with Crippen molar-refractivity contribution in [1.82, 2.24) is 10.6 Å². The lowest BCUT2D eigenvalue weighted by Gasteiger charge is -2.19. The number of hydrogen-bond donors (Lipinski definition) is 3. The second-order valence-corrected chi connectivity index (χ2v) is 5.39. The fourth-order valence-electron chi connectivity index (χ4n) is 2.37. The number of urea groups is 1. The van der Waals surface area contributed by atoms with Crippen molar-refractivity contribution in [3.8, 4) is 0 Å². The Morgan fingerprint density at radius 2 is 1.88 bits per heavy atom. The molecule has 2 rings (SSSR count). The van der Waals surface area contributed by atoms with Crippen LogP contribution in [0, 0.1) is 11.6 Å². The second kappa shape index (κ2) is 8.98. The van der Waals surface area contributed by atoms with Gasteiger partial charge in [0.25, 0.3) is 0 Å². The van der Waals surface area contributed by atoms with Crippen LogP contribution in [0.15, 0.2) is 48.5 Å². The summed E-state index contributed by atoms with van der Waals surface area (Å²) in [5, 5.41) is 14.3. The largest absolute Gasteiger partial charge is 0.396 e. The van der Waals surface area contributed by atoms with Crippen molar-refractivity contribution in [2.45, 2.75) is 25.4 Å². The van der Waals surface area contributed by atoms with Crippen LogP contribution in [-0.4, -0.2) is 17.7 Å². The molecule has 0 aliphatic carbocycles. The third kappa shape index (κ3) is 5.31. The Hall–Kier alpha value is -2.47. The van der Waals surface area contributed by atoms with Crippen LogP contribution in [0.4, 0.5) is 13.6 Å². The Bertz CT molecular complexity index is 665. The molecule has 0 saturated heterocycles. The minimum Gasteiger partial charge on any atom is -0.396 e. The van der Waals surface area contributed by atoms with E-state index < -0.39 is 17.7 Å². The van der Waals surface area contributed by atoms with Crippen LogP contribution < -0.4 is 10.6 Å². The fourth-order valence-corrected chi connectivity index (χ4v) is 2.37. The number of carbonyl (C=O) groups is 1. The van der Waals surface area contributed by atoms with E-state index in [0.717, 1.165) is 23.8 Å². The van der Waals surface area contributed by atoms with Gasteiger partial charge in [0.2, 0.25) is 0 Å². The van der Waals surface area contributed by atoms with Crippen molar-refractivity contribution >= 4 is 6.03 Å². The Morgan fingerprint density at radius 1 is 1.12 bits per heavy atom. The van der Waals surface area contributed by atoms with Gasteiger partial charge in [-0.15, -0.1) is 0 Å². The topological polar surface area (TPSA) is 61.4 Å². The Balaban J connectivity index is 1.96. The number of carbonyl (C=O) groups excluding carboxylic acids is 1. The molecular formula is C18H20F2N2O2. The molecule has 2 amide bonds. The molecule has 0 heterocycles. The molecule has 2 aromatic carbocycles. The number of rotatable bonds is 7. The molecule has 24 heavy (non-hydrogen) atoms. The molecule has 6 heteroatoms. The molecule has 0 fully saturated rings. The molecule has 4 nitrogen and oxygen atoms in total. The molecule has 0 aromatic heterocycles. The van der Waals surface area contributed by atoms with E-state index in [1.165, 1.54) is 0 Å². The quantitative estimate of drug-likeness (QED) is 0.728. The highest BCUT2D eigenvalue weighted by molar-refractivity contribution is 5.74. The SMILES string of the molecule is O=C(NCc1cc(F)ccc1F)NC(CCCO)c1ccccc1. The average molecular weight is 334 g/mol. The van der Waals surface area contributed by atoms with E-state index in [9.17, 15) is 13.6 Å². The van der Waals surface area contributed by atoms with Crippen LogP contribution in [0.5, 0.6) is 0 Å². The molecule has 3 N–H and O–H groups in total. The van der Waals surface area contributed by atoms with Gasteiger partial charge in [-0.25, -0.2) is 13.6 Å². The zero-order chi connectivity index (χ0) is 17.4. The third-order valence-corrected chi connectivity index (χ3v) is 3.61. The second-order valence-electron chi connectivity index (χ2n) is 5.39. The van der Waals surface area contributed by atoms with Crippen LogP contribution in [0.1, 0.15) is 30.0 Å². The maximum absolute atomic E-state index is 13.5. The lowest BCUT2D eigenvalue weighted by Crippen LogP contribution is -2.37. The molecule has 0 aliphatic heterocycles. The first-order valence-electron chi connectivity index (χ1n) is 7.74. The van der Waals surface area contributed by atoms with E-state index in [4.69, 9.17) is 5.11 Å². The van der Waals surface area contributed by atoms with Gasteiger partial charge in [-0.1, -0.05) is 30.3 Å². The average Bonchev–Trinajstić information content (AvgIpc) is 2.60. The summed E-state index contributed by atoms with van der Waals surface area (Å²) in [6, 6.07) is 11.7. The van der Waals surface area contributed by atoms with Crippen LogP contribution in [-0.2, 0) is 6.54 Å². The highest BCUT2D eigenvalue weighted by Gasteiger charge is 2.14. The number of aliphatic hydroxyl groups excluding tert-OH is 1. The van der Waals surface area contributed by atoms with Crippen LogP contribution in [0.3, 0.4) is 0 Å². The van der Waals surface area contributed by atoms with Gasteiger partial charge < -0.3 is 15.7 Å². The molecule has 2 aromatic rings. The molecule has 1 atom stereocenters. The van der Waals surface area contributed by atoms with Gasteiger partial charge in [0.15, 0.2) is 0 Å². The first kappa shape index (κ1) is 17.9. The summed E-state index contributed by atoms with van der Waals surface area (Å²) >= 11 is 0. The van der Waals surface area contributed by atoms with Crippen molar-refractivity contribution in [1.29, 1.82) is 0 Å². The molecule has 0 radical (unpaired) electrons. The van der Waals surface area contributed by atoms with Crippen molar-refractivity contribution in [2.75, 3.05) is 6.61 Å². The first-order chi connectivity index (χ1) is 11.6. The molecule has 0 aliphatic rings. The Morgan fingerprint density at radius 3 is 2.58 bits per heavy atom. The number of nitrogens with one attached hydrogen (secondary N) is 2. The van der Waals surface area contributed by atoms with Gasteiger partial charge in [0.05, 0.1) is 6.04 Å². The summed E-state index contributed by atoms with van der Waals surface area (Å²) in [5.74, 6) is -1.13. The van der Waals surface area contributed by atoms with Crippen molar-refractivity contribution in [3.63, 3.8) is 0 Å². The van der Waals surface area contributed by atoms with Crippen molar-refractivity contribution in [2.24, 2.45) is 0 Å². The standard InChI is InChI=1S/C18H20F2N2O2/c19-15-8-9-16(20)14(11-15)12-21-18(24)22-17(7-4-10-23)13-5-2-1-3-6-13/h1-3,5-6,8-9,11,17,23H,4,7,10,12H2,(H2,21,22,24). The van der Waals surface area contributed by atoms with E-state index in [0.29, 0.717) is 12.8 Å². The van der Waals surface area contributed by atoms with Gasteiger partial charge in [-0.2, -0.15) is 0 Å². The Labute approximate surface area is 139 Å². The third-order valence-electron chi connectivity index (χ3n) is 3.61. The van der Waals surface area contributed by atoms with E-state index in [-0.39, 0.29) is 24.8 Å². The number of aliphatic hydroxyl groups is 1. The molecule has 128 valence electrons. The molecule has 0 spiro atoms. The predicted molar refractivity (Wildman–Crippen MR) is 87.2 cm³/mol. The van der Waals surface area contributed by atoms with Gasteiger partial charge in [0.1, 0.15) is 11.6 Å². The van der Waals surface area contributed by atoms with Gasteiger partial charge in [-0.3, -0.25) is 0 Å². The number of halogens is 2. The monoisotopic (exact) mass is 334 g/mol.